The highest BCUT2D eigenvalue weighted by atomic mass is 16.5. The number of rotatable bonds is 7. The molecule has 0 saturated carbocycles. The van der Waals surface area contributed by atoms with E-state index in [0.717, 1.165) is 11.3 Å². The van der Waals surface area contributed by atoms with E-state index in [-0.39, 0.29) is 12.7 Å². The van der Waals surface area contributed by atoms with Crippen molar-refractivity contribution in [1.29, 1.82) is 0 Å². The number of ether oxygens (including phenoxy) is 2. The summed E-state index contributed by atoms with van der Waals surface area (Å²) in [6.07, 6.45) is -0.173. The van der Waals surface area contributed by atoms with E-state index in [9.17, 15) is 10.2 Å². The number of nitrogens with one attached hydrogen (secondary N) is 1. The smallest absolute Gasteiger partial charge is 0.122 e. The van der Waals surface area contributed by atoms with Gasteiger partial charge in [0.15, 0.2) is 0 Å². The molecule has 5 heteroatoms. The fourth-order valence-corrected chi connectivity index (χ4v) is 2.42. The van der Waals surface area contributed by atoms with Gasteiger partial charge in [0, 0.05) is 26.1 Å². The number of hydrogen-bond acceptors (Lipinski definition) is 5. The minimum Gasteiger partial charge on any atom is -0.491 e. The third-order valence-electron chi connectivity index (χ3n) is 4.00. The van der Waals surface area contributed by atoms with E-state index in [1.165, 1.54) is 0 Å². The Balaban J connectivity index is 1.68. The molecule has 1 fully saturated rings. The molecule has 0 aliphatic carbocycles. The summed E-state index contributed by atoms with van der Waals surface area (Å²) in [7, 11) is 0. The van der Waals surface area contributed by atoms with E-state index < -0.39 is 11.7 Å². The first-order chi connectivity index (χ1) is 10.0. The van der Waals surface area contributed by atoms with Gasteiger partial charge in [-0.2, -0.15) is 0 Å². The first kappa shape index (κ1) is 16.2. The molecule has 0 amide bonds. The zero-order valence-electron chi connectivity index (χ0n) is 12.7. The van der Waals surface area contributed by atoms with Crippen LogP contribution in [-0.2, 0) is 4.74 Å². The molecule has 2 rings (SSSR count). The van der Waals surface area contributed by atoms with Crippen LogP contribution >= 0.6 is 0 Å². The van der Waals surface area contributed by atoms with Gasteiger partial charge in [-0.3, -0.25) is 0 Å². The summed E-state index contributed by atoms with van der Waals surface area (Å²) in [6, 6.07) is 7.71. The zero-order chi connectivity index (χ0) is 15.3. The van der Waals surface area contributed by atoms with Crippen molar-refractivity contribution < 1.29 is 19.7 Å². The van der Waals surface area contributed by atoms with Gasteiger partial charge in [-0.1, -0.05) is 18.2 Å². The summed E-state index contributed by atoms with van der Waals surface area (Å²) >= 11 is 0. The van der Waals surface area contributed by atoms with E-state index in [1.54, 1.807) is 0 Å². The lowest BCUT2D eigenvalue weighted by Crippen LogP contribution is -2.47. The minimum atomic E-state index is -0.837. The Hall–Kier alpha value is -1.14. The van der Waals surface area contributed by atoms with E-state index in [1.807, 2.05) is 38.1 Å². The summed E-state index contributed by atoms with van der Waals surface area (Å²) in [5.41, 5.74) is 0.209. The Morgan fingerprint density at radius 2 is 2.24 bits per heavy atom. The molecule has 3 unspecified atom stereocenters. The summed E-state index contributed by atoms with van der Waals surface area (Å²) in [5, 5.41) is 23.3. The SMILES string of the molecule is Cc1ccccc1OCC(O)CNCC1(O)CCOC1C. The second-order valence-electron chi connectivity index (χ2n) is 5.73. The predicted octanol–water partition coefficient (Wildman–Crippen LogP) is 0.864. The largest absolute Gasteiger partial charge is 0.491 e. The maximum atomic E-state index is 10.3. The lowest BCUT2D eigenvalue weighted by molar-refractivity contribution is -0.0279. The quantitative estimate of drug-likeness (QED) is 0.696. The third kappa shape index (κ3) is 4.41. The summed E-state index contributed by atoms with van der Waals surface area (Å²) in [5.74, 6) is 0.785. The average Bonchev–Trinajstić information content (AvgIpc) is 2.78. The van der Waals surface area contributed by atoms with Crippen molar-refractivity contribution in [3.8, 4) is 5.75 Å². The Bertz CT molecular complexity index is 454. The van der Waals surface area contributed by atoms with Crippen molar-refractivity contribution in [2.75, 3.05) is 26.3 Å². The van der Waals surface area contributed by atoms with Crippen molar-refractivity contribution in [1.82, 2.24) is 5.32 Å². The maximum absolute atomic E-state index is 10.3. The molecule has 0 spiro atoms. The van der Waals surface area contributed by atoms with Gasteiger partial charge in [0.1, 0.15) is 24.1 Å². The Labute approximate surface area is 125 Å². The average molecular weight is 295 g/mol. The van der Waals surface area contributed by atoms with Gasteiger partial charge in [0.25, 0.3) is 0 Å². The third-order valence-corrected chi connectivity index (χ3v) is 4.00. The van der Waals surface area contributed by atoms with E-state index in [0.29, 0.717) is 26.1 Å². The molecular weight excluding hydrogens is 270 g/mol. The second kappa shape index (κ2) is 7.22. The summed E-state index contributed by atoms with van der Waals surface area (Å²) in [6.45, 7) is 5.43. The number of para-hydroxylation sites is 1. The van der Waals surface area contributed by atoms with Crippen LogP contribution in [0, 0.1) is 6.92 Å². The highest BCUT2D eigenvalue weighted by Gasteiger charge is 2.39. The molecule has 5 nitrogen and oxygen atoms in total. The minimum absolute atomic E-state index is 0.176. The number of benzene rings is 1. The monoisotopic (exact) mass is 295 g/mol. The second-order valence-corrected chi connectivity index (χ2v) is 5.73. The summed E-state index contributed by atoms with van der Waals surface area (Å²) < 4.78 is 11.0. The van der Waals surface area contributed by atoms with Gasteiger partial charge in [-0.15, -0.1) is 0 Å². The first-order valence-electron chi connectivity index (χ1n) is 7.42. The van der Waals surface area contributed by atoms with Gasteiger partial charge in [0.05, 0.1) is 6.10 Å². The van der Waals surface area contributed by atoms with Gasteiger partial charge < -0.3 is 25.0 Å². The van der Waals surface area contributed by atoms with E-state index >= 15 is 0 Å². The first-order valence-corrected chi connectivity index (χ1v) is 7.42. The van der Waals surface area contributed by atoms with Gasteiger partial charge in [-0.25, -0.2) is 0 Å². The molecule has 118 valence electrons. The lowest BCUT2D eigenvalue weighted by Gasteiger charge is -2.26. The Kier molecular flexibility index (Phi) is 5.58. The fraction of sp³-hybridized carbons (Fsp3) is 0.625. The number of aryl methyl sites for hydroxylation is 1. The molecule has 1 aliphatic heterocycles. The standard InChI is InChI=1S/C16H25NO4/c1-12-5-3-4-6-15(12)21-10-14(18)9-17-11-16(19)7-8-20-13(16)2/h3-6,13-14,17-19H,7-11H2,1-2H3. The van der Waals surface area contributed by atoms with Crippen LogP contribution in [0.25, 0.3) is 0 Å². The van der Waals surface area contributed by atoms with Crippen LogP contribution in [-0.4, -0.2) is 54.3 Å². The Morgan fingerprint density at radius 3 is 2.90 bits per heavy atom. The van der Waals surface area contributed by atoms with Crippen molar-refractivity contribution in [2.24, 2.45) is 0 Å². The molecule has 1 aromatic rings. The summed E-state index contributed by atoms with van der Waals surface area (Å²) in [4.78, 5) is 0. The fourth-order valence-electron chi connectivity index (χ4n) is 2.42. The Morgan fingerprint density at radius 1 is 1.48 bits per heavy atom. The normalized spacial score (nSPS) is 26.8. The van der Waals surface area contributed by atoms with Crippen LogP contribution < -0.4 is 10.1 Å². The number of aliphatic hydroxyl groups excluding tert-OH is 1. The molecule has 3 N–H and O–H groups in total. The van der Waals surface area contributed by atoms with Crippen LogP contribution in [0.2, 0.25) is 0 Å². The molecule has 3 atom stereocenters. The topological polar surface area (TPSA) is 71.0 Å². The van der Waals surface area contributed by atoms with Crippen LogP contribution in [0.1, 0.15) is 18.9 Å². The maximum Gasteiger partial charge on any atom is 0.122 e. The van der Waals surface area contributed by atoms with Crippen molar-refractivity contribution >= 4 is 0 Å². The predicted molar refractivity (Wildman–Crippen MR) is 80.5 cm³/mol. The van der Waals surface area contributed by atoms with E-state index in [4.69, 9.17) is 9.47 Å². The van der Waals surface area contributed by atoms with Crippen LogP contribution in [0.5, 0.6) is 5.75 Å². The highest BCUT2D eigenvalue weighted by molar-refractivity contribution is 5.31. The lowest BCUT2D eigenvalue weighted by atomic mass is 9.97. The molecule has 0 bridgehead atoms. The van der Waals surface area contributed by atoms with E-state index in [2.05, 4.69) is 5.32 Å². The van der Waals surface area contributed by atoms with Gasteiger partial charge >= 0.3 is 0 Å². The van der Waals surface area contributed by atoms with Crippen molar-refractivity contribution in [2.45, 2.75) is 38.1 Å². The molecular formula is C16H25NO4. The van der Waals surface area contributed by atoms with Gasteiger partial charge in [0.2, 0.25) is 0 Å². The van der Waals surface area contributed by atoms with Crippen molar-refractivity contribution in [3.05, 3.63) is 29.8 Å². The molecule has 21 heavy (non-hydrogen) atoms. The zero-order valence-corrected chi connectivity index (χ0v) is 12.7. The van der Waals surface area contributed by atoms with Crippen LogP contribution in [0.4, 0.5) is 0 Å². The molecule has 0 radical (unpaired) electrons. The molecule has 1 aliphatic rings. The molecule has 1 aromatic carbocycles. The molecule has 0 aromatic heterocycles. The number of aliphatic hydroxyl groups is 2. The van der Waals surface area contributed by atoms with Crippen molar-refractivity contribution in [3.63, 3.8) is 0 Å². The van der Waals surface area contributed by atoms with Crippen LogP contribution in [0.15, 0.2) is 24.3 Å². The number of hydrogen-bond donors (Lipinski definition) is 3. The van der Waals surface area contributed by atoms with Crippen LogP contribution in [0.3, 0.4) is 0 Å². The van der Waals surface area contributed by atoms with Gasteiger partial charge in [-0.05, 0) is 25.5 Å². The highest BCUT2D eigenvalue weighted by Crippen LogP contribution is 2.24. The molecule has 1 heterocycles. The molecule has 1 saturated heterocycles.